The number of aldehydes is 1. The highest BCUT2D eigenvalue weighted by Gasteiger charge is 2.14. The Morgan fingerprint density at radius 2 is 2.21 bits per heavy atom. The van der Waals surface area contributed by atoms with Gasteiger partial charge in [-0.15, -0.1) is 0 Å². The van der Waals surface area contributed by atoms with Crippen LogP contribution in [0.2, 0.25) is 5.02 Å². The summed E-state index contributed by atoms with van der Waals surface area (Å²) in [6.07, 6.45) is 2.38. The molecule has 2 rings (SSSR count). The predicted molar refractivity (Wildman–Crippen MR) is 78.8 cm³/mol. The molecule has 1 aromatic carbocycles. The lowest BCUT2D eigenvalue weighted by atomic mass is 10.0. The minimum Gasteiger partial charge on any atom is -0.486 e. The van der Waals surface area contributed by atoms with Crippen LogP contribution in [0.25, 0.3) is 11.3 Å². The molecule has 1 heterocycles. The molecule has 0 bridgehead atoms. The maximum absolute atomic E-state index is 11.2. The van der Waals surface area contributed by atoms with Gasteiger partial charge in [-0.25, -0.2) is 0 Å². The number of thiocarbonyl (C=S) groups is 1. The molecule has 0 saturated carbocycles. The van der Waals surface area contributed by atoms with Crippen molar-refractivity contribution in [3.05, 3.63) is 52.7 Å². The highest BCUT2D eigenvalue weighted by molar-refractivity contribution is 7.80. The predicted octanol–water partition coefficient (Wildman–Crippen LogP) is 3.54. The maximum Gasteiger partial charge on any atom is 0.193 e. The van der Waals surface area contributed by atoms with Crippen LogP contribution in [-0.4, -0.2) is 23.4 Å². The highest BCUT2D eigenvalue weighted by atomic mass is 35.5. The van der Waals surface area contributed by atoms with Gasteiger partial charge in [0.1, 0.15) is 0 Å². The Hall–Kier alpha value is -1.78. The van der Waals surface area contributed by atoms with Gasteiger partial charge in [-0.1, -0.05) is 17.7 Å². The molecule has 0 spiro atoms. The van der Waals surface area contributed by atoms with Crippen LogP contribution in [0.1, 0.15) is 15.9 Å². The molecule has 0 unspecified atom stereocenters. The lowest BCUT2D eigenvalue weighted by Gasteiger charge is -2.10. The summed E-state index contributed by atoms with van der Waals surface area (Å²) in [5.41, 5.74) is 2.42. The average Bonchev–Trinajstić information content (AvgIpc) is 2.46. The average molecular weight is 292 g/mol. The first-order valence-corrected chi connectivity index (χ1v) is 6.24. The minimum atomic E-state index is 0.329. The molecule has 0 N–H and O–H groups in total. The van der Waals surface area contributed by atoms with E-state index in [1.807, 2.05) is 0 Å². The van der Waals surface area contributed by atoms with E-state index in [2.05, 4.69) is 4.98 Å². The first-order valence-electron chi connectivity index (χ1n) is 5.46. The zero-order valence-corrected chi connectivity index (χ0v) is 11.7. The molecule has 2 aromatic rings. The summed E-state index contributed by atoms with van der Waals surface area (Å²) in [7, 11) is 1.50. The van der Waals surface area contributed by atoms with E-state index < -0.39 is 0 Å². The molecular formula is C14H10ClNO2S. The summed E-state index contributed by atoms with van der Waals surface area (Å²) in [6, 6.07) is 8.62. The Morgan fingerprint density at radius 3 is 2.89 bits per heavy atom. The summed E-state index contributed by atoms with van der Waals surface area (Å²) in [4.78, 5) is 15.4. The Bertz CT molecular complexity index is 643. The molecule has 0 atom stereocenters. The molecule has 0 aliphatic heterocycles. The summed E-state index contributed by atoms with van der Waals surface area (Å²) in [5, 5.41) is 0.826. The monoisotopic (exact) mass is 291 g/mol. The van der Waals surface area contributed by atoms with Gasteiger partial charge < -0.3 is 4.74 Å². The normalized spacial score (nSPS) is 10.0. The number of hydrogen-bond acceptors (Lipinski definition) is 4. The third-order valence-electron chi connectivity index (χ3n) is 2.61. The number of carbonyl (C=O) groups excluding carboxylic acids is 1. The van der Waals surface area contributed by atoms with E-state index in [-0.39, 0.29) is 0 Å². The van der Waals surface area contributed by atoms with Crippen LogP contribution < -0.4 is 0 Å². The fourth-order valence-electron chi connectivity index (χ4n) is 1.74. The first kappa shape index (κ1) is 13.6. The third-order valence-corrected chi connectivity index (χ3v) is 3.23. The van der Waals surface area contributed by atoms with Crippen LogP contribution >= 0.6 is 23.8 Å². The van der Waals surface area contributed by atoms with Crippen molar-refractivity contribution in [3.8, 4) is 11.3 Å². The molecule has 96 valence electrons. The fraction of sp³-hybridized carbons (Fsp3) is 0.0714. The van der Waals surface area contributed by atoms with Crippen molar-refractivity contribution >= 4 is 35.2 Å². The highest BCUT2D eigenvalue weighted by Crippen LogP contribution is 2.27. The quantitative estimate of drug-likeness (QED) is 0.640. The van der Waals surface area contributed by atoms with Gasteiger partial charge in [0.25, 0.3) is 0 Å². The molecule has 0 aliphatic rings. The first-order chi connectivity index (χ1) is 9.17. The number of hydrogen-bond donors (Lipinski definition) is 0. The number of ether oxygens (including phenoxy) is 1. The molecule has 0 amide bonds. The van der Waals surface area contributed by atoms with Gasteiger partial charge in [-0.05, 0) is 36.5 Å². The van der Waals surface area contributed by atoms with Gasteiger partial charge in [0, 0.05) is 22.3 Å². The van der Waals surface area contributed by atoms with Crippen LogP contribution in [0.4, 0.5) is 0 Å². The Labute approximate surface area is 121 Å². The maximum atomic E-state index is 11.2. The van der Waals surface area contributed by atoms with Gasteiger partial charge >= 0.3 is 0 Å². The Morgan fingerprint density at radius 1 is 1.42 bits per heavy atom. The number of methoxy groups -OCH3 is 1. The molecular weight excluding hydrogens is 282 g/mol. The smallest absolute Gasteiger partial charge is 0.193 e. The summed E-state index contributed by atoms with van der Waals surface area (Å²) >= 11 is 11.0. The molecule has 19 heavy (non-hydrogen) atoms. The van der Waals surface area contributed by atoms with Gasteiger partial charge in [-0.2, -0.15) is 0 Å². The van der Waals surface area contributed by atoms with Crippen molar-refractivity contribution in [2.45, 2.75) is 0 Å². The second kappa shape index (κ2) is 5.91. The van der Waals surface area contributed by atoms with Crippen molar-refractivity contribution in [3.63, 3.8) is 0 Å². The lowest BCUT2D eigenvalue weighted by Crippen LogP contribution is -2.04. The number of carbonyl (C=O) groups is 1. The zero-order chi connectivity index (χ0) is 13.8. The Kier molecular flexibility index (Phi) is 4.24. The van der Waals surface area contributed by atoms with E-state index in [0.29, 0.717) is 32.5 Å². The van der Waals surface area contributed by atoms with Crippen molar-refractivity contribution < 1.29 is 9.53 Å². The van der Waals surface area contributed by atoms with E-state index in [0.717, 1.165) is 6.29 Å². The SMILES string of the molecule is COC(=S)c1cccnc1-c1ccc(Cl)cc1C=O. The third kappa shape index (κ3) is 2.80. The number of nitrogens with zero attached hydrogens (tertiary/aromatic N) is 1. The molecule has 1 aromatic heterocycles. The van der Waals surface area contributed by atoms with Crippen LogP contribution in [0.5, 0.6) is 0 Å². The van der Waals surface area contributed by atoms with E-state index in [1.165, 1.54) is 7.11 Å². The number of halogens is 1. The summed E-state index contributed by atoms with van der Waals surface area (Å²) in [6.45, 7) is 0. The Balaban J connectivity index is 2.65. The molecule has 0 saturated heterocycles. The van der Waals surface area contributed by atoms with Gasteiger partial charge in [0.05, 0.1) is 18.4 Å². The second-order valence-corrected chi connectivity index (χ2v) is 4.55. The van der Waals surface area contributed by atoms with Gasteiger partial charge in [0.2, 0.25) is 0 Å². The summed E-state index contributed by atoms with van der Waals surface area (Å²) in [5.74, 6) is 0. The van der Waals surface area contributed by atoms with Crippen molar-refractivity contribution in [2.24, 2.45) is 0 Å². The standard InChI is InChI=1S/C14H10ClNO2S/c1-18-14(19)12-3-2-6-16-13(12)11-5-4-10(15)7-9(11)8-17/h2-8H,1H3. The molecule has 3 nitrogen and oxygen atoms in total. The van der Waals surface area contributed by atoms with E-state index in [1.54, 1.807) is 36.5 Å². The van der Waals surface area contributed by atoms with E-state index in [4.69, 9.17) is 28.6 Å². The van der Waals surface area contributed by atoms with Crippen LogP contribution in [0.3, 0.4) is 0 Å². The van der Waals surface area contributed by atoms with E-state index >= 15 is 0 Å². The van der Waals surface area contributed by atoms with Gasteiger partial charge in [0.15, 0.2) is 11.3 Å². The fourth-order valence-corrected chi connectivity index (χ4v) is 2.09. The number of pyridine rings is 1. The minimum absolute atomic E-state index is 0.329. The van der Waals surface area contributed by atoms with Crippen LogP contribution in [0.15, 0.2) is 36.5 Å². The molecule has 0 aliphatic carbocycles. The molecule has 0 fully saturated rings. The van der Waals surface area contributed by atoms with Crippen LogP contribution in [-0.2, 0) is 4.74 Å². The topological polar surface area (TPSA) is 39.2 Å². The second-order valence-electron chi connectivity index (χ2n) is 3.74. The number of benzene rings is 1. The molecule has 5 heteroatoms. The zero-order valence-electron chi connectivity index (χ0n) is 10.1. The summed E-state index contributed by atoms with van der Waals surface area (Å²) < 4.78 is 5.07. The van der Waals surface area contributed by atoms with Crippen LogP contribution in [0, 0.1) is 0 Å². The van der Waals surface area contributed by atoms with Crippen molar-refractivity contribution in [1.82, 2.24) is 4.98 Å². The lowest BCUT2D eigenvalue weighted by molar-refractivity contribution is 0.112. The number of aromatic nitrogens is 1. The van der Waals surface area contributed by atoms with Gasteiger partial charge in [-0.3, -0.25) is 9.78 Å². The van der Waals surface area contributed by atoms with E-state index in [9.17, 15) is 4.79 Å². The number of rotatable bonds is 3. The van der Waals surface area contributed by atoms with Crippen molar-refractivity contribution in [2.75, 3.05) is 7.11 Å². The molecule has 0 radical (unpaired) electrons. The van der Waals surface area contributed by atoms with Crippen molar-refractivity contribution in [1.29, 1.82) is 0 Å². The largest absolute Gasteiger partial charge is 0.486 e.